The van der Waals surface area contributed by atoms with Crippen molar-refractivity contribution in [3.05, 3.63) is 561 Å². The van der Waals surface area contributed by atoms with Gasteiger partial charge < -0.3 is 38.4 Å². The van der Waals surface area contributed by atoms with Crippen LogP contribution in [0, 0.1) is 0 Å². The van der Waals surface area contributed by atoms with Crippen LogP contribution in [-0.4, -0.2) is 9.13 Å². The van der Waals surface area contributed by atoms with E-state index >= 15 is 0 Å². The Balaban J connectivity index is 0.000000147. The van der Waals surface area contributed by atoms with Crippen molar-refractivity contribution in [2.24, 2.45) is 0 Å². The summed E-state index contributed by atoms with van der Waals surface area (Å²) in [6.45, 7) is 14.2. The molecule has 8 heteroatoms. The third kappa shape index (κ3) is 15.2. The summed E-state index contributed by atoms with van der Waals surface area (Å²) in [5.74, 6) is 1.59. The van der Waals surface area contributed by atoms with Crippen molar-refractivity contribution in [1.29, 1.82) is 0 Å². The van der Waals surface area contributed by atoms with E-state index in [0.717, 1.165) is 107 Å². The Bertz CT molecular complexity index is 9300. The Morgan fingerprint density at radius 2 is 0.436 bits per heavy atom. The molecular formula is C141H105N7O. The van der Waals surface area contributed by atoms with Crippen LogP contribution in [0.4, 0.5) is 85.3 Å². The summed E-state index contributed by atoms with van der Waals surface area (Å²) >= 11 is 0. The molecule has 1 aliphatic carbocycles. The molecule has 0 atom stereocenters. The minimum atomic E-state index is -0.233. The largest absolute Gasteiger partial charge is 0.453 e. The smallest absolute Gasteiger partial charge is 0.153 e. The number of hydrogen-bond donors (Lipinski definition) is 0. The lowest BCUT2D eigenvalue weighted by molar-refractivity contribution is 0.477. The molecule has 2 aromatic heterocycles. The molecule has 8 nitrogen and oxygen atoms in total. The van der Waals surface area contributed by atoms with Crippen molar-refractivity contribution in [1.82, 2.24) is 9.13 Å². The molecule has 0 spiro atoms. The summed E-state index contributed by atoms with van der Waals surface area (Å²) in [5.41, 5.74) is 45.5. The molecule has 22 aromatic carbocycles. The van der Waals surface area contributed by atoms with E-state index in [0.29, 0.717) is 0 Å². The zero-order chi connectivity index (χ0) is 99.7. The fraction of sp³-hybridized carbons (Fsp3) is 0.0638. The highest BCUT2D eigenvalue weighted by Gasteiger charge is 2.41. The monoisotopic (exact) mass is 1910 g/mol. The van der Waals surface area contributed by atoms with Gasteiger partial charge in [0.15, 0.2) is 11.5 Å². The van der Waals surface area contributed by atoms with Gasteiger partial charge in [0.1, 0.15) is 0 Å². The van der Waals surface area contributed by atoms with Crippen LogP contribution in [0.2, 0.25) is 0 Å². The van der Waals surface area contributed by atoms with Crippen LogP contribution in [0.25, 0.3) is 122 Å². The predicted molar refractivity (Wildman–Crippen MR) is 624 cm³/mol. The number of hydrogen-bond acceptors (Lipinski definition) is 6. The molecule has 0 saturated carbocycles. The second-order valence-electron chi connectivity index (χ2n) is 41.2. The van der Waals surface area contributed by atoms with Crippen LogP contribution >= 0.6 is 0 Å². The summed E-state index contributed by atoms with van der Waals surface area (Å²) in [6, 6.07) is 193. The number of rotatable bonds is 16. The lowest BCUT2D eigenvalue weighted by atomic mass is 9.73. The minimum Gasteiger partial charge on any atom is -0.453 e. The second-order valence-corrected chi connectivity index (χ2v) is 41.2. The Hall–Kier alpha value is -18.8. The maximum Gasteiger partial charge on any atom is 0.153 e. The Morgan fingerprint density at radius 3 is 0.893 bits per heavy atom. The van der Waals surface area contributed by atoms with Crippen molar-refractivity contribution in [2.45, 2.75) is 57.8 Å². The number of anilines is 15. The third-order valence-electron chi connectivity index (χ3n) is 31.5. The molecule has 0 amide bonds. The molecule has 3 aliphatic heterocycles. The van der Waals surface area contributed by atoms with Crippen molar-refractivity contribution < 1.29 is 4.74 Å². The lowest BCUT2D eigenvalue weighted by Crippen LogP contribution is -2.30. The van der Waals surface area contributed by atoms with Gasteiger partial charge in [-0.05, 0) is 325 Å². The van der Waals surface area contributed by atoms with Crippen LogP contribution in [0.5, 0.6) is 11.5 Å². The van der Waals surface area contributed by atoms with E-state index in [1.54, 1.807) is 0 Å². The Labute approximate surface area is 869 Å². The van der Waals surface area contributed by atoms with Gasteiger partial charge in [0.25, 0.3) is 0 Å². The van der Waals surface area contributed by atoms with E-state index in [-0.39, 0.29) is 16.2 Å². The molecule has 0 N–H and O–H groups in total. The molecule has 0 bridgehead atoms. The third-order valence-corrected chi connectivity index (χ3v) is 31.5. The van der Waals surface area contributed by atoms with Crippen molar-refractivity contribution in [3.63, 3.8) is 0 Å². The fourth-order valence-corrected chi connectivity index (χ4v) is 24.0. The molecule has 24 aromatic rings. The van der Waals surface area contributed by atoms with Gasteiger partial charge >= 0.3 is 0 Å². The maximum atomic E-state index is 6.82. The highest BCUT2D eigenvalue weighted by molar-refractivity contribution is 6.14. The van der Waals surface area contributed by atoms with E-state index in [4.69, 9.17) is 4.74 Å². The number of nitrogens with zero attached hydrogens (tertiary/aromatic N) is 7. The van der Waals surface area contributed by atoms with Gasteiger partial charge in [-0.3, -0.25) is 0 Å². The predicted octanol–water partition coefficient (Wildman–Crippen LogP) is 38.9. The van der Waals surface area contributed by atoms with Gasteiger partial charge in [0, 0.05) is 106 Å². The van der Waals surface area contributed by atoms with Crippen molar-refractivity contribution in [3.8, 4) is 89.6 Å². The lowest BCUT2D eigenvalue weighted by Gasteiger charge is -2.42. The summed E-state index contributed by atoms with van der Waals surface area (Å²) in [4.78, 5) is 11.9. The number of ether oxygens (including phenoxy) is 1. The number of fused-ring (bicyclic) bond motifs is 15. The molecule has 28 rings (SSSR count). The summed E-state index contributed by atoms with van der Waals surface area (Å²) in [6.07, 6.45) is 0. The molecular weight excluding hydrogens is 1810 g/mol. The molecule has 0 radical (unpaired) electrons. The zero-order valence-electron chi connectivity index (χ0n) is 83.8. The van der Waals surface area contributed by atoms with Gasteiger partial charge in [-0.1, -0.05) is 339 Å². The molecule has 5 heterocycles. The number of aromatic nitrogens is 2. The van der Waals surface area contributed by atoms with Crippen LogP contribution in [0.1, 0.15) is 74.9 Å². The number of benzene rings is 22. The Kier molecular flexibility index (Phi) is 21.5. The van der Waals surface area contributed by atoms with Gasteiger partial charge in [0.05, 0.1) is 56.2 Å². The van der Waals surface area contributed by atoms with Crippen LogP contribution < -0.4 is 29.2 Å². The normalized spacial score (nSPS) is 13.5. The molecule has 0 unspecified atom stereocenters. The van der Waals surface area contributed by atoms with Crippen molar-refractivity contribution in [2.75, 3.05) is 24.5 Å². The average molecular weight is 1910 g/mol. The first kappa shape index (κ1) is 89.1. The van der Waals surface area contributed by atoms with Gasteiger partial charge in [-0.2, -0.15) is 0 Å². The average Bonchev–Trinajstić information content (AvgIpc) is 0.860. The first-order valence-electron chi connectivity index (χ1n) is 51.7. The highest BCUT2D eigenvalue weighted by atomic mass is 16.5. The standard InChI is InChI=1S/C72H55N3.C69H50N4O/c1-71(2)63-25-15-14-24-59(63)60-40-39-58(47-65(60)71)73(56-35-28-49(29-36-56)48-18-8-5-9-19-48)57-37-30-50(31-38-57)51-32-41-67-61(44-51)62-45-52(33-42-68(62)74(67)54-20-10-6-11-21-54)53-34-43-70-66(46-53)72(3,4)64-26-16-17-27-69(64)75(70)55-22-12-7-13-23-55;1-69(2)59-27-15-16-28-63(59)72(52-23-11-5-12-24-52)64-40-34-50(44-60(64)69)49-33-39-61-57(43-49)58-45-55(37-41-62(58)71(61)51-21-9-4-10-22-51)70(54-35-31-48(32-36-54)47-19-7-3-8-20-47)56-38-42-66-68(46-56)74-67-30-18-17-29-65(67)73(66)53-25-13-6-14-26-53/h5-47H,1-4H3;3-46H,1-2H3. The van der Waals surface area contributed by atoms with Gasteiger partial charge in [0.2, 0.25) is 0 Å². The topological polar surface area (TPSA) is 35.3 Å². The fourth-order valence-electron chi connectivity index (χ4n) is 24.0. The van der Waals surface area contributed by atoms with Crippen LogP contribution in [0.15, 0.2) is 528 Å². The van der Waals surface area contributed by atoms with Crippen LogP contribution in [0.3, 0.4) is 0 Å². The Morgan fingerprint density at radius 1 is 0.168 bits per heavy atom. The summed E-state index contributed by atoms with van der Waals surface area (Å²) < 4.78 is 11.6. The SMILES string of the molecule is CC1(C)c2ccccc2-c2ccc(N(c3ccc(-c4ccccc4)cc3)c3ccc(-c4ccc5c(c4)c4cc(-c6ccc7c(c6)C(C)(C)c6ccccc6N7c6ccccc6)ccc4n5-c4ccccc4)cc3)cc21.CC1(C)c2ccccc2N(c2ccccc2)c2ccc(-c3ccc4c(c3)c3cc(N(c5ccc(-c6ccccc6)cc5)c5ccc6c(c5)Oc5ccccc5N6c5ccccc5)ccc3n4-c3ccccc3)cc21. The van der Waals surface area contributed by atoms with Gasteiger partial charge in [-0.15, -0.1) is 0 Å². The quantitative estimate of drug-likeness (QED) is 0.0959. The van der Waals surface area contributed by atoms with E-state index < -0.39 is 0 Å². The van der Waals surface area contributed by atoms with Crippen molar-refractivity contribution >= 4 is 129 Å². The minimum absolute atomic E-state index is 0.119. The first-order chi connectivity index (χ1) is 73.2. The number of para-hydroxylation sites is 9. The van der Waals surface area contributed by atoms with E-state index in [9.17, 15) is 0 Å². The highest BCUT2D eigenvalue weighted by Crippen LogP contribution is 2.59. The van der Waals surface area contributed by atoms with E-state index in [2.05, 4.69) is 597 Å². The van der Waals surface area contributed by atoms with E-state index in [1.165, 1.54) is 145 Å². The van der Waals surface area contributed by atoms with E-state index in [1.807, 2.05) is 6.07 Å². The zero-order valence-corrected chi connectivity index (χ0v) is 83.8. The summed E-state index contributed by atoms with van der Waals surface area (Å²) in [5, 5.41) is 4.79. The first-order valence-corrected chi connectivity index (χ1v) is 51.7. The second kappa shape index (κ2) is 35.9. The van der Waals surface area contributed by atoms with Crippen LogP contribution in [-0.2, 0) is 16.2 Å². The molecule has 710 valence electrons. The molecule has 149 heavy (non-hydrogen) atoms. The maximum absolute atomic E-state index is 6.82. The molecule has 0 saturated heterocycles. The van der Waals surface area contributed by atoms with Gasteiger partial charge in [-0.25, -0.2) is 0 Å². The molecule has 0 fully saturated rings. The molecule has 4 aliphatic rings. The summed E-state index contributed by atoms with van der Waals surface area (Å²) in [7, 11) is 0.